The van der Waals surface area contributed by atoms with Crippen LogP contribution in [0.3, 0.4) is 0 Å². The van der Waals surface area contributed by atoms with Gasteiger partial charge in [-0.2, -0.15) is 0 Å². The molecule has 3 N–H and O–H groups in total. The maximum absolute atomic E-state index is 9.22. The van der Waals surface area contributed by atoms with Gasteiger partial charge in [0, 0.05) is 31.8 Å². The van der Waals surface area contributed by atoms with Crippen molar-refractivity contribution in [2.45, 2.75) is 39.5 Å². The molecule has 0 aliphatic rings. The van der Waals surface area contributed by atoms with Gasteiger partial charge in [0.05, 0.1) is 21.3 Å². The van der Waals surface area contributed by atoms with Crippen molar-refractivity contribution in [3.05, 3.63) is 17.7 Å². The molecule has 0 radical (unpaired) electrons. The molecular formula is C21H37N3O4. The second-order valence-electron chi connectivity index (χ2n) is 6.56. The molecule has 1 rings (SSSR count). The molecule has 0 aliphatic heterocycles. The topological polar surface area (TPSA) is 84.3 Å². The third kappa shape index (κ3) is 7.46. The van der Waals surface area contributed by atoms with Crippen LogP contribution in [0.4, 0.5) is 0 Å². The lowest BCUT2D eigenvalue weighted by atomic mass is 10.0. The van der Waals surface area contributed by atoms with Crippen LogP contribution < -0.4 is 24.8 Å². The van der Waals surface area contributed by atoms with Crippen molar-refractivity contribution in [1.29, 1.82) is 0 Å². The Morgan fingerprint density at radius 2 is 1.79 bits per heavy atom. The predicted octanol–water partition coefficient (Wildman–Crippen LogP) is 2.61. The van der Waals surface area contributed by atoms with Crippen LogP contribution in [0.25, 0.3) is 0 Å². The molecule has 1 atom stereocenters. The van der Waals surface area contributed by atoms with E-state index in [-0.39, 0.29) is 6.61 Å². The summed E-state index contributed by atoms with van der Waals surface area (Å²) in [6.45, 7) is 6.63. The van der Waals surface area contributed by atoms with Crippen LogP contribution in [0.1, 0.15) is 38.7 Å². The second-order valence-corrected chi connectivity index (χ2v) is 6.56. The van der Waals surface area contributed by atoms with Gasteiger partial charge in [0.1, 0.15) is 0 Å². The van der Waals surface area contributed by atoms with Gasteiger partial charge in [-0.15, -0.1) is 0 Å². The van der Waals surface area contributed by atoms with Gasteiger partial charge in [-0.3, -0.25) is 4.99 Å². The number of guanidine groups is 1. The van der Waals surface area contributed by atoms with Crippen molar-refractivity contribution in [2.24, 2.45) is 10.9 Å². The summed E-state index contributed by atoms with van der Waals surface area (Å²) in [5, 5.41) is 15.9. The molecule has 0 heterocycles. The highest BCUT2D eigenvalue weighted by molar-refractivity contribution is 5.79. The zero-order chi connectivity index (χ0) is 20.8. The Balaban J connectivity index is 2.75. The van der Waals surface area contributed by atoms with E-state index in [4.69, 9.17) is 19.2 Å². The number of ether oxygens (including phenoxy) is 3. The normalized spacial score (nSPS) is 12.4. The van der Waals surface area contributed by atoms with Crippen molar-refractivity contribution >= 4 is 5.96 Å². The fourth-order valence-corrected chi connectivity index (χ4v) is 3.16. The largest absolute Gasteiger partial charge is 0.493 e. The lowest BCUT2D eigenvalue weighted by Gasteiger charge is -2.17. The van der Waals surface area contributed by atoms with Crippen molar-refractivity contribution in [1.82, 2.24) is 10.6 Å². The van der Waals surface area contributed by atoms with Gasteiger partial charge in [0.2, 0.25) is 5.75 Å². The molecule has 0 spiro atoms. The second kappa shape index (κ2) is 13.9. The van der Waals surface area contributed by atoms with E-state index in [1.807, 2.05) is 19.1 Å². The smallest absolute Gasteiger partial charge is 0.203 e. The zero-order valence-electron chi connectivity index (χ0n) is 18.0. The summed E-state index contributed by atoms with van der Waals surface area (Å²) >= 11 is 0. The van der Waals surface area contributed by atoms with Gasteiger partial charge >= 0.3 is 0 Å². The van der Waals surface area contributed by atoms with Crippen molar-refractivity contribution in [3.63, 3.8) is 0 Å². The van der Waals surface area contributed by atoms with E-state index in [1.165, 1.54) is 0 Å². The molecule has 0 fully saturated rings. The average molecular weight is 396 g/mol. The maximum Gasteiger partial charge on any atom is 0.203 e. The van der Waals surface area contributed by atoms with Gasteiger partial charge < -0.3 is 30.0 Å². The molecule has 28 heavy (non-hydrogen) atoms. The molecule has 160 valence electrons. The van der Waals surface area contributed by atoms with Crippen LogP contribution in [0.5, 0.6) is 17.2 Å². The number of hydrogen-bond donors (Lipinski definition) is 3. The number of methoxy groups -OCH3 is 3. The van der Waals surface area contributed by atoms with Crippen molar-refractivity contribution < 1.29 is 19.3 Å². The molecule has 0 saturated carbocycles. The van der Waals surface area contributed by atoms with E-state index in [9.17, 15) is 5.11 Å². The summed E-state index contributed by atoms with van der Waals surface area (Å²) in [5.41, 5.74) is 1.03. The zero-order valence-corrected chi connectivity index (χ0v) is 18.0. The van der Waals surface area contributed by atoms with E-state index in [1.54, 1.807) is 21.3 Å². The molecule has 7 nitrogen and oxygen atoms in total. The molecule has 0 aliphatic carbocycles. The van der Waals surface area contributed by atoms with Crippen molar-refractivity contribution in [2.75, 3.05) is 47.6 Å². The number of nitrogens with one attached hydrogen (secondary N) is 2. The summed E-state index contributed by atoms with van der Waals surface area (Å²) in [6, 6.07) is 3.88. The lowest BCUT2D eigenvalue weighted by molar-refractivity contribution is 0.253. The number of rotatable bonds is 13. The van der Waals surface area contributed by atoms with E-state index in [2.05, 4.69) is 17.6 Å². The first-order valence-corrected chi connectivity index (χ1v) is 10.1. The SMILES string of the molecule is CCCC(CCO)CN=C(NCC)NCCc1ccc(OC)c(OC)c1OC. The third-order valence-electron chi connectivity index (χ3n) is 4.56. The minimum atomic E-state index is 0.212. The number of aliphatic imine (C=N–C) groups is 1. The molecule has 0 aromatic heterocycles. The number of benzene rings is 1. The highest BCUT2D eigenvalue weighted by Gasteiger charge is 2.15. The van der Waals surface area contributed by atoms with Gasteiger partial charge in [0.25, 0.3) is 0 Å². The summed E-state index contributed by atoms with van der Waals surface area (Å²) in [5.74, 6) is 3.15. The van der Waals surface area contributed by atoms with Gasteiger partial charge in [-0.1, -0.05) is 19.4 Å². The number of nitrogens with zero attached hydrogens (tertiary/aromatic N) is 1. The summed E-state index contributed by atoms with van der Waals surface area (Å²) in [6.07, 6.45) is 3.72. The lowest BCUT2D eigenvalue weighted by Crippen LogP contribution is -2.38. The molecule has 7 heteroatoms. The fraction of sp³-hybridized carbons (Fsp3) is 0.667. The minimum Gasteiger partial charge on any atom is -0.493 e. The molecule has 1 unspecified atom stereocenters. The molecule has 0 bridgehead atoms. The Labute approximate surface area is 169 Å². The Kier molecular flexibility index (Phi) is 11.9. The summed E-state index contributed by atoms with van der Waals surface area (Å²) < 4.78 is 16.3. The van der Waals surface area contributed by atoms with Crippen LogP contribution in [0, 0.1) is 5.92 Å². The van der Waals surface area contributed by atoms with Crippen LogP contribution in [-0.2, 0) is 6.42 Å². The summed E-state index contributed by atoms with van der Waals surface area (Å²) in [4.78, 5) is 4.69. The van der Waals surface area contributed by atoms with E-state index >= 15 is 0 Å². The maximum atomic E-state index is 9.22. The molecule has 0 saturated heterocycles. The van der Waals surface area contributed by atoms with Crippen LogP contribution in [0.2, 0.25) is 0 Å². The Hall–Kier alpha value is -2.15. The minimum absolute atomic E-state index is 0.212. The fourth-order valence-electron chi connectivity index (χ4n) is 3.16. The Morgan fingerprint density at radius 1 is 1.04 bits per heavy atom. The number of aliphatic hydroxyl groups excluding tert-OH is 1. The van der Waals surface area contributed by atoms with E-state index in [0.717, 1.165) is 43.8 Å². The monoisotopic (exact) mass is 395 g/mol. The van der Waals surface area contributed by atoms with Crippen LogP contribution in [0.15, 0.2) is 17.1 Å². The summed E-state index contributed by atoms with van der Waals surface area (Å²) in [7, 11) is 4.85. The van der Waals surface area contributed by atoms with Gasteiger partial charge in [-0.05, 0) is 38.2 Å². The molecule has 1 aromatic carbocycles. The number of aliphatic hydroxyl groups is 1. The highest BCUT2D eigenvalue weighted by Crippen LogP contribution is 2.39. The standard InChI is InChI=1S/C21H37N3O4/c1-6-8-16(12-14-25)15-24-21(22-7-2)23-13-11-17-9-10-18(26-3)20(28-5)19(17)27-4/h9-10,16,25H,6-8,11-15H2,1-5H3,(H2,22,23,24). The van der Waals surface area contributed by atoms with Gasteiger partial charge in [0.15, 0.2) is 17.5 Å². The average Bonchev–Trinajstić information content (AvgIpc) is 2.71. The first-order chi connectivity index (χ1) is 13.6. The van der Waals surface area contributed by atoms with Crippen molar-refractivity contribution in [3.8, 4) is 17.2 Å². The first-order valence-electron chi connectivity index (χ1n) is 10.1. The molecular weight excluding hydrogens is 358 g/mol. The van der Waals surface area contributed by atoms with E-state index < -0.39 is 0 Å². The third-order valence-corrected chi connectivity index (χ3v) is 4.56. The number of hydrogen-bond acceptors (Lipinski definition) is 5. The Morgan fingerprint density at radius 3 is 2.36 bits per heavy atom. The molecule has 1 aromatic rings. The predicted molar refractivity (Wildman–Crippen MR) is 114 cm³/mol. The van der Waals surface area contributed by atoms with E-state index in [0.29, 0.717) is 36.3 Å². The first kappa shape index (κ1) is 23.9. The Bertz CT molecular complexity index is 587. The van der Waals surface area contributed by atoms with Crippen LogP contribution >= 0.6 is 0 Å². The van der Waals surface area contributed by atoms with Crippen LogP contribution in [-0.4, -0.2) is 58.6 Å². The quantitative estimate of drug-likeness (QED) is 0.352. The highest BCUT2D eigenvalue weighted by atomic mass is 16.5. The van der Waals surface area contributed by atoms with Gasteiger partial charge in [-0.25, -0.2) is 0 Å². The molecule has 0 amide bonds.